The summed E-state index contributed by atoms with van der Waals surface area (Å²) in [4.78, 5) is 15.4. The highest BCUT2D eigenvalue weighted by Crippen LogP contribution is 2.38. The van der Waals surface area contributed by atoms with Gasteiger partial charge < -0.3 is 9.84 Å². The molecule has 1 aliphatic rings. The van der Waals surface area contributed by atoms with E-state index in [2.05, 4.69) is 10.1 Å². The number of hydrogen-bond donors (Lipinski definition) is 1. The van der Waals surface area contributed by atoms with Crippen LogP contribution in [0.15, 0.2) is 42.7 Å². The Bertz CT molecular complexity index is 1040. The van der Waals surface area contributed by atoms with Crippen molar-refractivity contribution in [3.05, 3.63) is 54.0 Å². The number of rotatable bonds is 6. The fourth-order valence-electron chi connectivity index (χ4n) is 3.10. The number of pyridine rings is 1. The van der Waals surface area contributed by atoms with E-state index in [0.717, 1.165) is 18.9 Å². The smallest absolute Gasteiger partial charge is 0.336 e. The second-order valence-electron chi connectivity index (χ2n) is 6.59. The number of hydrogen-bond acceptors (Lipinski definition) is 4. The number of aromatic nitrogens is 3. The van der Waals surface area contributed by atoms with Gasteiger partial charge in [0.25, 0.3) is 6.43 Å². The Morgan fingerprint density at radius 2 is 2.04 bits per heavy atom. The maximum atomic E-state index is 13.2. The van der Waals surface area contributed by atoms with Gasteiger partial charge in [0.05, 0.1) is 30.6 Å². The molecule has 0 saturated heterocycles. The van der Waals surface area contributed by atoms with Crippen molar-refractivity contribution in [2.24, 2.45) is 0 Å². The molecule has 4 rings (SSSR count). The number of carbonyl (C=O) groups is 1. The molecule has 0 bridgehead atoms. The first-order valence-corrected chi connectivity index (χ1v) is 8.73. The lowest BCUT2D eigenvalue weighted by atomic mass is 9.95. The van der Waals surface area contributed by atoms with E-state index < -0.39 is 18.1 Å². The topological polar surface area (TPSA) is 77.2 Å². The van der Waals surface area contributed by atoms with Gasteiger partial charge in [-0.15, -0.1) is 0 Å². The molecule has 0 atom stereocenters. The molecule has 1 saturated carbocycles. The van der Waals surface area contributed by atoms with Crippen molar-refractivity contribution in [3.8, 4) is 28.1 Å². The third-order valence-electron chi connectivity index (χ3n) is 4.70. The van der Waals surface area contributed by atoms with E-state index in [0.29, 0.717) is 17.3 Å². The summed E-state index contributed by atoms with van der Waals surface area (Å²) in [5.41, 5.74) is 1.43. The molecule has 1 aromatic carbocycles. The molecular formula is C20H17F2N3O3. The molecule has 2 aromatic heterocycles. The van der Waals surface area contributed by atoms with Crippen molar-refractivity contribution in [2.45, 2.75) is 25.3 Å². The summed E-state index contributed by atoms with van der Waals surface area (Å²) in [5.74, 6) is -0.949. The normalized spacial score (nSPS) is 13.7. The predicted octanol–water partition coefficient (Wildman–Crippen LogP) is 4.59. The highest BCUT2D eigenvalue weighted by Gasteiger charge is 2.25. The molecule has 0 aliphatic heterocycles. The van der Waals surface area contributed by atoms with Gasteiger partial charge >= 0.3 is 5.97 Å². The molecular weight excluding hydrogens is 368 g/mol. The van der Waals surface area contributed by atoms with E-state index in [1.54, 1.807) is 12.1 Å². The molecule has 144 valence electrons. The molecule has 0 amide bonds. The van der Waals surface area contributed by atoms with Gasteiger partial charge in [-0.2, -0.15) is 5.10 Å². The minimum atomic E-state index is -2.78. The number of alkyl halides is 2. The van der Waals surface area contributed by atoms with Gasteiger partial charge in [0.15, 0.2) is 0 Å². The average Bonchev–Trinajstić information content (AvgIpc) is 3.43. The molecule has 1 aliphatic carbocycles. The van der Waals surface area contributed by atoms with Gasteiger partial charge in [-0.1, -0.05) is 6.07 Å². The van der Waals surface area contributed by atoms with Gasteiger partial charge in [0.1, 0.15) is 11.4 Å². The van der Waals surface area contributed by atoms with Crippen LogP contribution in [0.1, 0.15) is 41.4 Å². The summed E-state index contributed by atoms with van der Waals surface area (Å²) < 4.78 is 33.4. The van der Waals surface area contributed by atoms with Crippen LogP contribution in [0.4, 0.5) is 8.78 Å². The van der Waals surface area contributed by atoms with Crippen molar-refractivity contribution in [2.75, 3.05) is 7.11 Å². The van der Waals surface area contributed by atoms with Gasteiger partial charge in [0, 0.05) is 22.9 Å². The van der Waals surface area contributed by atoms with E-state index in [9.17, 15) is 18.7 Å². The van der Waals surface area contributed by atoms with Crippen molar-refractivity contribution in [3.63, 3.8) is 0 Å². The zero-order valence-electron chi connectivity index (χ0n) is 15.0. The highest BCUT2D eigenvalue weighted by atomic mass is 19.3. The Morgan fingerprint density at radius 1 is 1.25 bits per heavy atom. The third-order valence-corrected chi connectivity index (χ3v) is 4.70. The lowest BCUT2D eigenvalue weighted by molar-refractivity contribution is 0.0697. The fraction of sp³-hybridized carbons (Fsp3) is 0.250. The van der Waals surface area contributed by atoms with Crippen LogP contribution >= 0.6 is 0 Å². The number of benzene rings is 1. The molecule has 1 fully saturated rings. The number of nitrogens with zero attached hydrogens (tertiary/aromatic N) is 3. The largest absolute Gasteiger partial charge is 0.494 e. The molecule has 0 unspecified atom stereocenters. The summed E-state index contributed by atoms with van der Waals surface area (Å²) >= 11 is 0. The van der Waals surface area contributed by atoms with Crippen molar-refractivity contribution in [1.82, 2.24) is 14.8 Å². The van der Waals surface area contributed by atoms with Crippen LogP contribution in [0.2, 0.25) is 0 Å². The quantitative estimate of drug-likeness (QED) is 0.671. The van der Waals surface area contributed by atoms with Crippen LogP contribution in [0.25, 0.3) is 22.4 Å². The highest BCUT2D eigenvalue weighted by molar-refractivity contribution is 5.98. The summed E-state index contributed by atoms with van der Waals surface area (Å²) in [6.45, 7) is 0. The van der Waals surface area contributed by atoms with E-state index in [1.807, 2.05) is 16.9 Å². The summed E-state index contributed by atoms with van der Waals surface area (Å²) in [6, 6.07) is 8.18. The van der Waals surface area contributed by atoms with Crippen LogP contribution in [0.5, 0.6) is 5.75 Å². The number of methoxy groups -OCH3 is 1. The minimum absolute atomic E-state index is 0.0184. The Balaban J connectivity index is 1.86. The van der Waals surface area contributed by atoms with Gasteiger partial charge in [0.2, 0.25) is 0 Å². The molecule has 6 nitrogen and oxygen atoms in total. The lowest BCUT2D eigenvalue weighted by Gasteiger charge is -2.13. The fourth-order valence-corrected chi connectivity index (χ4v) is 3.10. The van der Waals surface area contributed by atoms with Crippen molar-refractivity contribution in [1.29, 1.82) is 0 Å². The van der Waals surface area contributed by atoms with Crippen molar-refractivity contribution >= 4 is 5.97 Å². The Kier molecular flexibility index (Phi) is 4.54. The first kappa shape index (κ1) is 18.1. The van der Waals surface area contributed by atoms with Gasteiger partial charge in [-0.05, 0) is 37.1 Å². The second-order valence-corrected chi connectivity index (χ2v) is 6.59. The zero-order valence-corrected chi connectivity index (χ0v) is 15.0. The van der Waals surface area contributed by atoms with Crippen molar-refractivity contribution < 1.29 is 23.4 Å². The van der Waals surface area contributed by atoms with Crippen LogP contribution in [0, 0.1) is 0 Å². The summed E-state index contributed by atoms with van der Waals surface area (Å²) in [6.07, 6.45) is 2.47. The molecule has 0 radical (unpaired) electrons. The Morgan fingerprint density at radius 3 is 2.68 bits per heavy atom. The van der Waals surface area contributed by atoms with E-state index in [1.165, 1.54) is 19.4 Å². The molecule has 3 aromatic rings. The van der Waals surface area contributed by atoms with Crippen LogP contribution in [-0.2, 0) is 0 Å². The van der Waals surface area contributed by atoms with E-state index in [-0.39, 0.29) is 22.4 Å². The van der Waals surface area contributed by atoms with Crippen LogP contribution in [-0.4, -0.2) is 33.0 Å². The molecule has 8 heteroatoms. The van der Waals surface area contributed by atoms with E-state index >= 15 is 0 Å². The first-order valence-electron chi connectivity index (χ1n) is 8.73. The summed E-state index contributed by atoms with van der Waals surface area (Å²) in [7, 11) is 1.38. The number of aromatic carboxylic acids is 1. The van der Waals surface area contributed by atoms with Crippen LogP contribution in [0.3, 0.4) is 0 Å². The number of ether oxygens (including phenoxy) is 1. The monoisotopic (exact) mass is 385 g/mol. The number of carboxylic acid groups (broad SMARTS) is 1. The molecule has 0 spiro atoms. The zero-order chi connectivity index (χ0) is 19.8. The maximum absolute atomic E-state index is 13.2. The minimum Gasteiger partial charge on any atom is -0.494 e. The number of carboxylic acids is 1. The standard InChI is InChI=1S/C20H17F2N3O3/c1-28-18-10-23-17(19(21)22)9-15(18)14-8-11(2-5-13(14)20(26)27)16-6-7-25(24-16)12-3-4-12/h2,5-10,12,19H,3-4H2,1H3,(H,26,27). The first-order chi connectivity index (χ1) is 13.5. The lowest BCUT2D eigenvalue weighted by Crippen LogP contribution is -2.03. The van der Waals surface area contributed by atoms with E-state index in [4.69, 9.17) is 4.74 Å². The second kappa shape index (κ2) is 7.03. The third kappa shape index (κ3) is 3.33. The molecule has 1 N–H and O–H groups in total. The average molecular weight is 385 g/mol. The Hall–Kier alpha value is -3.29. The van der Waals surface area contributed by atoms with Gasteiger partial charge in [-0.3, -0.25) is 9.67 Å². The molecule has 2 heterocycles. The number of halogens is 2. The summed E-state index contributed by atoms with van der Waals surface area (Å²) in [5, 5.41) is 14.1. The van der Waals surface area contributed by atoms with Gasteiger partial charge in [-0.25, -0.2) is 13.6 Å². The Labute approximate surface area is 159 Å². The molecule has 28 heavy (non-hydrogen) atoms. The SMILES string of the molecule is COc1cnc(C(F)F)cc1-c1cc(-c2ccn(C3CC3)n2)ccc1C(=O)O. The van der Waals surface area contributed by atoms with Crippen LogP contribution < -0.4 is 4.74 Å². The predicted molar refractivity (Wildman–Crippen MR) is 97.6 cm³/mol. The maximum Gasteiger partial charge on any atom is 0.336 e.